The second-order valence-corrected chi connectivity index (χ2v) is 6.94. The van der Waals surface area contributed by atoms with Gasteiger partial charge in [0, 0.05) is 11.5 Å². The van der Waals surface area contributed by atoms with Gasteiger partial charge in [-0.3, -0.25) is 0 Å². The summed E-state index contributed by atoms with van der Waals surface area (Å²) in [6.45, 7) is 1.78. The molecule has 0 bridgehead atoms. The van der Waals surface area contributed by atoms with Crippen LogP contribution in [-0.4, -0.2) is 37.9 Å². The van der Waals surface area contributed by atoms with Crippen molar-refractivity contribution in [1.29, 1.82) is 0 Å². The summed E-state index contributed by atoms with van der Waals surface area (Å²) in [5.74, 6) is -3.70. The number of thioether (sulfide) groups is 1. The highest BCUT2D eigenvalue weighted by atomic mass is 32.2. The summed E-state index contributed by atoms with van der Waals surface area (Å²) >= 11 is 0.726. The minimum atomic E-state index is -4.02. The molecule has 1 atom stereocenters. The van der Waals surface area contributed by atoms with Crippen molar-refractivity contribution in [1.82, 2.24) is 4.72 Å². The molecule has 9 heteroatoms. The molecule has 21 heavy (non-hydrogen) atoms. The van der Waals surface area contributed by atoms with Crippen LogP contribution in [0, 0.1) is 6.92 Å². The highest BCUT2D eigenvalue weighted by Crippen LogP contribution is 2.12. The third-order valence-electron chi connectivity index (χ3n) is 2.42. The summed E-state index contributed by atoms with van der Waals surface area (Å²) < 4.78 is 26.0. The van der Waals surface area contributed by atoms with Crippen LogP contribution in [0.2, 0.25) is 0 Å². The minimum Gasteiger partial charge on any atom is -0.549 e. The lowest BCUT2D eigenvalue weighted by Gasteiger charge is -2.19. The molecule has 0 heterocycles. The molecule has 7 nitrogen and oxygen atoms in total. The van der Waals surface area contributed by atoms with Crippen LogP contribution in [0.15, 0.2) is 29.2 Å². The van der Waals surface area contributed by atoms with Crippen LogP contribution in [0.3, 0.4) is 0 Å². The van der Waals surface area contributed by atoms with Crippen molar-refractivity contribution in [3.8, 4) is 0 Å². The Morgan fingerprint density at radius 2 is 1.81 bits per heavy atom. The van der Waals surface area contributed by atoms with Crippen molar-refractivity contribution in [2.45, 2.75) is 17.9 Å². The lowest BCUT2D eigenvalue weighted by Crippen LogP contribution is -2.49. The number of aliphatic carboxylic acids is 2. The second-order valence-electron chi connectivity index (χ2n) is 4.19. The van der Waals surface area contributed by atoms with E-state index in [9.17, 15) is 28.2 Å². The molecule has 0 aliphatic heterocycles. The van der Waals surface area contributed by atoms with Crippen LogP contribution in [0.5, 0.6) is 0 Å². The summed E-state index contributed by atoms with van der Waals surface area (Å²) in [4.78, 5) is 21.1. The highest BCUT2D eigenvalue weighted by molar-refractivity contribution is 8.00. The number of nitrogens with one attached hydrogen (secondary N) is 1. The maximum absolute atomic E-state index is 12.0. The monoisotopic (exact) mass is 331 g/mol. The van der Waals surface area contributed by atoms with Gasteiger partial charge in [-0.15, -0.1) is 0 Å². The molecule has 1 N–H and O–H groups in total. The molecule has 116 valence electrons. The minimum absolute atomic E-state index is 0.0794. The number of aryl methyl sites for hydroxylation is 1. The smallest absolute Gasteiger partial charge is 0.241 e. The van der Waals surface area contributed by atoms with E-state index >= 15 is 0 Å². The largest absolute Gasteiger partial charge is 0.549 e. The van der Waals surface area contributed by atoms with Gasteiger partial charge in [-0.25, -0.2) is 13.1 Å². The first-order valence-electron chi connectivity index (χ1n) is 5.80. The molecular weight excluding hydrogens is 318 g/mol. The Hall–Kier alpha value is -1.58. The molecule has 0 aromatic heterocycles. The van der Waals surface area contributed by atoms with Gasteiger partial charge >= 0.3 is 0 Å². The number of rotatable bonds is 8. The first-order valence-corrected chi connectivity index (χ1v) is 8.43. The summed E-state index contributed by atoms with van der Waals surface area (Å²) in [7, 11) is -4.02. The van der Waals surface area contributed by atoms with E-state index < -0.39 is 33.8 Å². The third kappa shape index (κ3) is 5.74. The zero-order chi connectivity index (χ0) is 16.0. The van der Waals surface area contributed by atoms with Gasteiger partial charge in [-0.1, -0.05) is 17.7 Å². The van der Waals surface area contributed by atoms with Gasteiger partial charge in [0.15, 0.2) is 0 Å². The Labute approximate surface area is 126 Å². The summed E-state index contributed by atoms with van der Waals surface area (Å²) in [6.07, 6.45) is 0. The molecule has 0 fully saturated rings. The van der Waals surface area contributed by atoms with Crippen LogP contribution >= 0.6 is 11.8 Å². The molecule has 1 rings (SSSR count). The summed E-state index contributed by atoms with van der Waals surface area (Å²) in [6, 6.07) is 4.32. The number of sulfonamides is 1. The molecule has 0 unspecified atom stereocenters. The van der Waals surface area contributed by atoms with Gasteiger partial charge in [0.05, 0.1) is 22.9 Å². The van der Waals surface area contributed by atoms with Gasteiger partial charge in [-0.05, 0) is 19.1 Å². The number of carbonyl (C=O) groups is 2. The number of benzene rings is 1. The predicted molar refractivity (Wildman–Crippen MR) is 72.6 cm³/mol. The number of hydrogen-bond acceptors (Lipinski definition) is 7. The standard InChI is InChI=1S/C12H15NO6S2/c1-8-2-4-9(5-3-8)21(18,19)13-10(12(16)17)6-20-7-11(14)15/h2-5,10,13H,6-7H2,1H3,(H,14,15)(H,16,17)/p-2/t10-/m0/s1. The number of carboxylic acids is 2. The number of carbonyl (C=O) groups excluding carboxylic acids is 2. The summed E-state index contributed by atoms with van der Waals surface area (Å²) in [5.41, 5.74) is 0.856. The number of carboxylic acid groups (broad SMARTS) is 2. The molecule has 1 aromatic rings. The van der Waals surface area contributed by atoms with E-state index in [1.165, 1.54) is 12.1 Å². The third-order valence-corrected chi connectivity index (χ3v) is 4.91. The maximum atomic E-state index is 12.0. The van der Waals surface area contributed by atoms with Crippen molar-refractivity contribution in [2.24, 2.45) is 0 Å². The quantitative estimate of drug-likeness (QED) is 0.577. The first kappa shape index (κ1) is 17.5. The maximum Gasteiger partial charge on any atom is 0.241 e. The molecule has 1 aromatic carbocycles. The van der Waals surface area contributed by atoms with Crippen LogP contribution in [0.25, 0.3) is 0 Å². The van der Waals surface area contributed by atoms with E-state index in [2.05, 4.69) is 0 Å². The fraction of sp³-hybridized carbons (Fsp3) is 0.333. The van der Waals surface area contributed by atoms with E-state index in [-0.39, 0.29) is 10.6 Å². The van der Waals surface area contributed by atoms with Crippen molar-refractivity contribution in [3.63, 3.8) is 0 Å². The second kappa shape index (κ2) is 7.43. The van der Waals surface area contributed by atoms with E-state index in [4.69, 9.17) is 0 Å². The normalized spacial score (nSPS) is 12.8. The van der Waals surface area contributed by atoms with Gasteiger partial charge < -0.3 is 19.8 Å². The van der Waals surface area contributed by atoms with E-state index in [1.54, 1.807) is 19.1 Å². The zero-order valence-corrected chi connectivity index (χ0v) is 12.7. The van der Waals surface area contributed by atoms with Crippen molar-refractivity contribution in [2.75, 3.05) is 11.5 Å². The van der Waals surface area contributed by atoms with Crippen molar-refractivity contribution in [3.05, 3.63) is 29.8 Å². The van der Waals surface area contributed by atoms with Crippen molar-refractivity contribution < 1.29 is 28.2 Å². The predicted octanol–water partition coefficient (Wildman–Crippen LogP) is -2.13. The summed E-state index contributed by atoms with van der Waals surface area (Å²) in [5, 5.41) is 21.2. The molecular formula is C12H13NO6S2-2. The average Bonchev–Trinajstić information content (AvgIpc) is 2.37. The molecule has 0 saturated carbocycles. The first-order chi connectivity index (χ1) is 9.72. The SMILES string of the molecule is Cc1ccc(S(=O)(=O)N[C@@H](CSCC(=O)[O-])C(=O)[O-])cc1. The topological polar surface area (TPSA) is 126 Å². The Morgan fingerprint density at radius 3 is 2.29 bits per heavy atom. The zero-order valence-electron chi connectivity index (χ0n) is 11.1. The van der Waals surface area contributed by atoms with Crippen molar-refractivity contribution >= 4 is 33.7 Å². The molecule has 0 saturated heterocycles. The highest BCUT2D eigenvalue weighted by Gasteiger charge is 2.20. The molecule has 0 amide bonds. The lowest BCUT2D eigenvalue weighted by atomic mass is 10.2. The van der Waals surface area contributed by atoms with Gasteiger partial charge in [0.25, 0.3) is 0 Å². The molecule has 0 radical (unpaired) electrons. The lowest BCUT2D eigenvalue weighted by molar-refractivity contribution is -0.307. The van der Waals surface area contributed by atoms with E-state index in [1.807, 2.05) is 4.72 Å². The fourth-order valence-corrected chi connectivity index (χ4v) is 3.41. The van der Waals surface area contributed by atoms with Gasteiger partial charge in [-0.2, -0.15) is 11.8 Å². The molecule has 0 aliphatic carbocycles. The van der Waals surface area contributed by atoms with E-state index in [0.29, 0.717) is 0 Å². The van der Waals surface area contributed by atoms with Crippen LogP contribution in [-0.2, 0) is 19.6 Å². The fourth-order valence-electron chi connectivity index (χ4n) is 1.38. The Balaban J connectivity index is 2.79. The average molecular weight is 331 g/mol. The van der Waals surface area contributed by atoms with E-state index in [0.717, 1.165) is 17.3 Å². The molecule has 0 aliphatic rings. The molecule has 0 spiro atoms. The van der Waals surface area contributed by atoms with Gasteiger partial charge in [0.2, 0.25) is 10.0 Å². The van der Waals surface area contributed by atoms with Crippen LogP contribution in [0.4, 0.5) is 0 Å². The van der Waals surface area contributed by atoms with Crippen LogP contribution in [0.1, 0.15) is 5.56 Å². The Kier molecular flexibility index (Phi) is 6.19. The number of hydrogen-bond donors (Lipinski definition) is 1. The van der Waals surface area contributed by atoms with Gasteiger partial charge in [0.1, 0.15) is 0 Å². The van der Waals surface area contributed by atoms with Crippen LogP contribution < -0.4 is 14.9 Å². The Morgan fingerprint density at radius 1 is 1.24 bits per heavy atom. The Bertz CT molecular complexity index is 611.